The molecule has 0 atom stereocenters. The molecule has 6 heteroatoms. The number of thioether (sulfide) groups is 1. The van der Waals surface area contributed by atoms with Crippen molar-refractivity contribution >= 4 is 45.0 Å². The Bertz CT molecular complexity index is 413. The number of aromatic nitrogens is 2. The lowest BCUT2D eigenvalue weighted by atomic mass is 10.3. The molecule has 0 amide bonds. The minimum Gasteiger partial charge on any atom is -0.257 e. The van der Waals surface area contributed by atoms with Gasteiger partial charge in [-0.3, -0.25) is 4.99 Å². The van der Waals surface area contributed by atoms with Crippen molar-refractivity contribution in [3.63, 3.8) is 0 Å². The Morgan fingerprint density at radius 1 is 1.53 bits per heavy atom. The first-order valence-electron chi connectivity index (χ1n) is 5.09. The van der Waals surface area contributed by atoms with E-state index in [9.17, 15) is 0 Å². The molecule has 0 fully saturated rings. The lowest BCUT2D eigenvalue weighted by molar-refractivity contribution is 1.02. The molecule has 0 saturated heterocycles. The minimum atomic E-state index is 0.392. The lowest BCUT2D eigenvalue weighted by Crippen LogP contribution is -2.08. The summed E-state index contributed by atoms with van der Waals surface area (Å²) in [7, 11) is 0. The normalized spacial score (nSPS) is 12.9. The standard InChI is InChI=1S/C11H13BrClN3S/c1-3-17-7-10(14-6-8(2)12)9-4-5-11(13)16-15-9/h4-6H,3,7H2,1-2H3/b8-6+,14-10?. The van der Waals surface area contributed by atoms with Gasteiger partial charge in [-0.15, -0.1) is 10.2 Å². The van der Waals surface area contributed by atoms with Gasteiger partial charge in [0.1, 0.15) is 5.69 Å². The molecule has 0 unspecified atom stereocenters. The van der Waals surface area contributed by atoms with Crippen LogP contribution in [0.25, 0.3) is 0 Å². The third-order valence-corrected chi connectivity index (χ3v) is 3.06. The summed E-state index contributed by atoms with van der Waals surface area (Å²) < 4.78 is 0.971. The van der Waals surface area contributed by atoms with Gasteiger partial charge in [0, 0.05) is 16.4 Å². The molecule has 1 aromatic heterocycles. The van der Waals surface area contributed by atoms with Gasteiger partial charge in [-0.1, -0.05) is 34.5 Å². The average Bonchev–Trinajstić information content (AvgIpc) is 2.30. The van der Waals surface area contributed by atoms with Crippen molar-refractivity contribution in [3.8, 4) is 0 Å². The summed E-state index contributed by atoms with van der Waals surface area (Å²) in [6.45, 7) is 4.04. The molecule has 0 spiro atoms. The molecule has 3 nitrogen and oxygen atoms in total. The SMILES string of the molecule is CCSCC(=N/C=C(\C)Br)c1ccc(Cl)nn1. The Morgan fingerprint density at radius 3 is 2.82 bits per heavy atom. The van der Waals surface area contributed by atoms with Crippen LogP contribution in [0.1, 0.15) is 19.5 Å². The van der Waals surface area contributed by atoms with E-state index in [0.717, 1.165) is 27.4 Å². The second kappa shape index (κ2) is 7.84. The third-order valence-electron chi connectivity index (χ3n) is 1.77. The first-order valence-corrected chi connectivity index (χ1v) is 7.42. The van der Waals surface area contributed by atoms with Gasteiger partial charge in [0.2, 0.25) is 0 Å². The van der Waals surface area contributed by atoms with E-state index in [1.54, 1.807) is 24.0 Å². The van der Waals surface area contributed by atoms with Crippen molar-refractivity contribution in [2.24, 2.45) is 4.99 Å². The topological polar surface area (TPSA) is 38.1 Å². The number of aliphatic imine (C=N–C) groups is 1. The molecule has 0 bridgehead atoms. The van der Waals surface area contributed by atoms with Crippen LogP contribution in [0.15, 0.2) is 27.8 Å². The maximum atomic E-state index is 5.71. The average molecular weight is 335 g/mol. The molecular formula is C11H13BrClN3S. The van der Waals surface area contributed by atoms with Gasteiger partial charge in [0.05, 0.1) is 5.71 Å². The van der Waals surface area contributed by atoms with E-state index in [1.807, 2.05) is 13.0 Å². The van der Waals surface area contributed by atoms with Crippen LogP contribution in [0, 0.1) is 0 Å². The lowest BCUT2D eigenvalue weighted by Gasteiger charge is -2.03. The van der Waals surface area contributed by atoms with Crippen LogP contribution in [0.2, 0.25) is 5.15 Å². The maximum absolute atomic E-state index is 5.71. The molecule has 1 heterocycles. The molecule has 1 aromatic rings. The Hall–Kier alpha value is -0.390. The van der Waals surface area contributed by atoms with Crippen molar-refractivity contribution in [2.75, 3.05) is 11.5 Å². The minimum absolute atomic E-state index is 0.392. The second-order valence-corrected chi connectivity index (χ2v) is 6.08. The highest BCUT2D eigenvalue weighted by molar-refractivity contribution is 9.11. The van der Waals surface area contributed by atoms with Crippen LogP contribution in [-0.4, -0.2) is 27.4 Å². The Labute approximate surface area is 119 Å². The number of hydrogen-bond donors (Lipinski definition) is 0. The predicted molar refractivity (Wildman–Crippen MR) is 79.3 cm³/mol. The van der Waals surface area contributed by atoms with E-state index < -0.39 is 0 Å². The van der Waals surface area contributed by atoms with Crippen LogP contribution in [0.4, 0.5) is 0 Å². The molecular weight excluding hydrogens is 322 g/mol. The maximum Gasteiger partial charge on any atom is 0.151 e. The zero-order valence-electron chi connectivity index (χ0n) is 9.65. The van der Waals surface area contributed by atoms with Gasteiger partial charge in [-0.25, -0.2) is 0 Å². The molecule has 0 radical (unpaired) electrons. The van der Waals surface area contributed by atoms with E-state index in [1.165, 1.54) is 0 Å². The fourth-order valence-electron chi connectivity index (χ4n) is 1.01. The summed E-state index contributed by atoms with van der Waals surface area (Å²) in [6.07, 6.45) is 1.77. The van der Waals surface area contributed by atoms with Crippen LogP contribution in [-0.2, 0) is 0 Å². The second-order valence-electron chi connectivity index (χ2n) is 3.17. The fourth-order valence-corrected chi connectivity index (χ4v) is 1.84. The quantitative estimate of drug-likeness (QED) is 0.766. The Balaban J connectivity index is 2.93. The van der Waals surface area contributed by atoms with Crippen molar-refractivity contribution in [1.82, 2.24) is 10.2 Å². The monoisotopic (exact) mass is 333 g/mol. The van der Waals surface area contributed by atoms with Gasteiger partial charge >= 0.3 is 0 Å². The van der Waals surface area contributed by atoms with Crippen molar-refractivity contribution in [2.45, 2.75) is 13.8 Å². The first kappa shape index (κ1) is 14.7. The Kier molecular flexibility index (Phi) is 6.77. The van der Waals surface area contributed by atoms with E-state index in [0.29, 0.717) is 5.15 Å². The first-order chi connectivity index (χ1) is 8.13. The number of allylic oxidation sites excluding steroid dienone is 1. The highest BCUT2D eigenvalue weighted by Crippen LogP contribution is 2.10. The zero-order chi connectivity index (χ0) is 12.7. The molecule has 17 heavy (non-hydrogen) atoms. The van der Waals surface area contributed by atoms with Gasteiger partial charge in [-0.2, -0.15) is 11.8 Å². The van der Waals surface area contributed by atoms with E-state index in [-0.39, 0.29) is 0 Å². The van der Waals surface area contributed by atoms with Crippen molar-refractivity contribution in [1.29, 1.82) is 0 Å². The largest absolute Gasteiger partial charge is 0.257 e. The summed E-state index contributed by atoms with van der Waals surface area (Å²) in [6, 6.07) is 3.56. The number of rotatable bonds is 5. The summed E-state index contributed by atoms with van der Waals surface area (Å²) in [5.41, 5.74) is 1.67. The number of halogens is 2. The molecule has 0 aliphatic rings. The predicted octanol–water partition coefficient (Wildman–Crippen LogP) is 3.93. The molecule has 0 N–H and O–H groups in total. The molecule has 0 aliphatic heterocycles. The Morgan fingerprint density at radius 2 is 2.29 bits per heavy atom. The molecule has 0 saturated carbocycles. The fraction of sp³-hybridized carbons (Fsp3) is 0.364. The van der Waals surface area contributed by atoms with Gasteiger partial charge in [-0.05, 0) is 24.8 Å². The van der Waals surface area contributed by atoms with Crippen LogP contribution >= 0.6 is 39.3 Å². The van der Waals surface area contributed by atoms with E-state index in [4.69, 9.17) is 11.6 Å². The summed E-state index contributed by atoms with van der Waals surface area (Å²) >= 11 is 10.8. The van der Waals surface area contributed by atoms with Gasteiger partial charge in [0.25, 0.3) is 0 Å². The van der Waals surface area contributed by atoms with Crippen LogP contribution in [0.5, 0.6) is 0 Å². The van der Waals surface area contributed by atoms with Crippen LogP contribution in [0.3, 0.4) is 0 Å². The highest BCUT2D eigenvalue weighted by atomic mass is 79.9. The summed E-state index contributed by atoms with van der Waals surface area (Å²) in [4.78, 5) is 4.40. The van der Waals surface area contributed by atoms with E-state index >= 15 is 0 Å². The van der Waals surface area contributed by atoms with E-state index in [2.05, 4.69) is 38.0 Å². The smallest absolute Gasteiger partial charge is 0.151 e. The molecule has 1 rings (SSSR count). The zero-order valence-corrected chi connectivity index (χ0v) is 12.8. The van der Waals surface area contributed by atoms with Gasteiger partial charge < -0.3 is 0 Å². The highest BCUT2D eigenvalue weighted by Gasteiger charge is 2.05. The van der Waals surface area contributed by atoms with Crippen molar-refractivity contribution in [3.05, 3.63) is 33.7 Å². The summed E-state index contributed by atoms with van der Waals surface area (Å²) in [5.74, 6) is 1.85. The molecule has 0 aliphatic carbocycles. The van der Waals surface area contributed by atoms with Gasteiger partial charge in [0.15, 0.2) is 5.15 Å². The summed E-state index contributed by atoms with van der Waals surface area (Å²) in [5, 5.41) is 8.26. The van der Waals surface area contributed by atoms with Crippen molar-refractivity contribution < 1.29 is 0 Å². The molecule has 92 valence electrons. The van der Waals surface area contributed by atoms with Crippen LogP contribution < -0.4 is 0 Å². The number of nitrogens with zero attached hydrogens (tertiary/aromatic N) is 3. The molecule has 0 aromatic carbocycles. The third kappa shape index (κ3) is 5.66. The number of hydrogen-bond acceptors (Lipinski definition) is 4.